The lowest BCUT2D eigenvalue weighted by atomic mass is 10.0. The van der Waals surface area contributed by atoms with Gasteiger partial charge in [0.15, 0.2) is 5.82 Å². The first-order valence-corrected chi connectivity index (χ1v) is 7.05. The number of anilines is 2. The number of nitrogens with two attached hydrogens (primary N) is 1. The first kappa shape index (κ1) is 14.5. The minimum absolute atomic E-state index is 0.0272. The Kier molecular flexibility index (Phi) is 3.77. The lowest BCUT2D eigenvalue weighted by Gasteiger charge is -2.34. The second-order valence-corrected chi connectivity index (χ2v) is 5.55. The van der Waals surface area contributed by atoms with Gasteiger partial charge in [0, 0.05) is 18.7 Å². The molecule has 22 heavy (non-hydrogen) atoms. The van der Waals surface area contributed by atoms with Crippen LogP contribution in [0.3, 0.4) is 0 Å². The van der Waals surface area contributed by atoms with Gasteiger partial charge in [0.2, 0.25) is 5.91 Å². The molecule has 0 saturated carbocycles. The first-order chi connectivity index (χ1) is 10.5. The summed E-state index contributed by atoms with van der Waals surface area (Å²) in [4.78, 5) is 18.5. The molecule has 1 amide bonds. The summed E-state index contributed by atoms with van der Waals surface area (Å²) >= 11 is 0. The van der Waals surface area contributed by atoms with Crippen molar-refractivity contribution in [2.24, 2.45) is 5.92 Å². The zero-order valence-electron chi connectivity index (χ0n) is 12.2. The van der Waals surface area contributed by atoms with Crippen LogP contribution in [0.4, 0.5) is 15.9 Å². The van der Waals surface area contributed by atoms with Crippen LogP contribution < -0.4 is 11.1 Å². The molecule has 1 saturated heterocycles. The van der Waals surface area contributed by atoms with Crippen molar-refractivity contribution in [3.8, 4) is 11.3 Å². The van der Waals surface area contributed by atoms with Crippen molar-refractivity contribution in [3.63, 3.8) is 0 Å². The second kappa shape index (κ2) is 5.73. The molecule has 114 valence electrons. The van der Waals surface area contributed by atoms with Gasteiger partial charge in [0.1, 0.15) is 5.82 Å². The molecule has 5 nitrogen and oxygen atoms in total. The summed E-state index contributed by atoms with van der Waals surface area (Å²) in [6.45, 7) is 1.48. The molecule has 6 heteroatoms. The van der Waals surface area contributed by atoms with Gasteiger partial charge in [0.25, 0.3) is 0 Å². The standard InChI is InChI=1S/C16H17FN4O/c1-21-8-11(9-21)16(22)20-15-13(18)6-7-14(19-15)10-2-4-12(17)5-3-10/h2-7,11H,8-9,18H2,1H3,(H,19,20,22). The van der Waals surface area contributed by atoms with Gasteiger partial charge in [-0.1, -0.05) is 0 Å². The Morgan fingerprint density at radius 1 is 1.27 bits per heavy atom. The van der Waals surface area contributed by atoms with E-state index in [0.717, 1.165) is 18.7 Å². The molecule has 0 aliphatic carbocycles. The van der Waals surface area contributed by atoms with Crippen LogP contribution in [0.25, 0.3) is 11.3 Å². The SMILES string of the molecule is CN1CC(C(=O)Nc2nc(-c3ccc(F)cc3)ccc2N)C1. The Hall–Kier alpha value is -2.47. The maximum Gasteiger partial charge on any atom is 0.231 e. The number of pyridine rings is 1. The molecule has 1 aromatic carbocycles. The van der Waals surface area contributed by atoms with E-state index >= 15 is 0 Å². The molecule has 2 heterocycles. The Bertz CT molecular complexity index is 696. The molecule has 1 aliphatic rings. The van der Waals surface area contributed by atoms with Crippen LogP contribution in [0.15, 0.2) is 36.4 Å². The monoisotopic (exact) mass is 300 g/mol. The van der Waals surface area contributed by atoms with Crippen molar-refractivity contribution in [1.29, 1.82) is 0 Å². The average molecular weight is 300 g/mol. The molecule has 0 spiro atoms. The number of benzene rings is 1. The third-order valence-electron chi connectivity index (χ3n) is 3.74. The van der Waals surface area contributed by atoms with Crippen molar-refractivity contribution >= 4 is 17.4 Å². The normalized spacial score (nSPS) is 15.4. The number of amides is 1. The summed E-state index contributed by atoms with van der Waals surface area (Å²) in [6, 6.07) is 9.45. The average Bonchev–Trinajstić information content (AvgIpc) is 2.47. The molecule has 3 rings (SSSR count). The number of carbonyl (C=O) groups is 1. The highest BCUT2D eigenvalue weighted by Gasteiger charge is 2.30. The maximum absolute atomic E-state index is 13.0. The number of nitrogens with one attached hydrogen (secondary N) is 1. The van der Waals surface area contributed by atoms with E-state index in [0.29, 0.717) is 17.2 Å². The van der Waals surface area contributed by atoms with Crippen LogP contribution in [0.2, 0.25) is 0 Å². The highest BCUT2D eigenvalue weighted by molar-refractivity contribution is 5.95. The smallest absolute Gasteiger partial charge is 0.231 e. The Morgan fingerprint density at radius 2 is 1.95 bits per heavy atom. The Balaban J connectivity index is 1.80. The maximum atomic E-state index is 13.0. The fourth-order valence-corrected chi connectivity index (χ4v) is 2.44. The summed E-state index contributed by atoms with van der Waals surface area (Å²) in [6.07, 6.45) is 0. The molecule has 1 aliphatic heterocycles. The van der Waals surface area contributed by atoms with Gasteiger partial charge < -0.3 is 16.0 Å². The van der Waals surface area contributed by atoms with E-state index in [9.17, 15) is 9.18 Å². The number of hydrogen-bond acceptors (Lipinski definition) is 4. The molecule has 2 aromatic rings. The van der Waals surface area contributed by atoms with Gasteiger partial charge in [-0.15, -0.1) is 0 Å². The van der Waals surface area contributed by atoms with Crippen molar-refractivity contribution in [2.75, 3.05) is 31.2 Å². The van der Waals surface area contributed by atoms with Gasteiger partial charge in [-0.25, -0.2) is 9.37 Å². The lowest BCUT2D eigenvalue weighted by Crippen LogP contribution is -2.49. The highest BCUT2D eigenvalue weighted by atomic mass is 19.1. The number of halogens is 1. The number of rotatable bonds is 3. The van der Waals surface area contributed by atoms with E-state index in [1.807, 2.05) is 7.05 Å². The van der Waals surface area contributed by atoms with E-state index in [1.54, 1.807) is 24.3 Å². The molecule has 3 N–H and O–H groups in total. The van der Waals surface area contributed by atoms with Crippen LogP contribution in [-0.4, -0.2) is 35.9 Å². The van der Waals surface area contributed by atoms with E-state index in [-0.39, 0.29) is 17.6 Å². The highest BCUT2D eigenvalue weighted by Crippen LogP contribution is 2.24. The van der Waals surface area contributed by atoms with Crippen LogP contribution in [0.1, 0.15) is 0 Å². The zero-order valence-corrected chi connectivity index (χ0v) is 12.2. The predicted octanol–water partition coefficient (Wildman–Crippen LogP) is 1.97. The lowest BCUT2D eigenvalue weighted by molar-refractivity contribution is -0.124. The number of aromatic nitrogens is 1. The molecular formula is C16H17FN4O. The summed E-state index contributed by atoms with van der Waals surface area (Å²) in [5.41, 5.74) is 7.69. The van der Waals surface area contributed by atoms with Crippen LogP contribution in [0, 0.1) is 11.7 Å². The third kappa shape index (κ3) is 2.92. The number of nitrogens with zero attached hydrogens (tertiary/aromatic N) is 2. The number of hydrogen-bond donors (Lipinski definition) is 2. The molecule has 0 unspecified atom stereocenters. The minimum atomic E-state index is -0.304. The minimum Gasteiger partial charge on any atom is -0.396 e. The second-order valence-electron chi connectivity index (χ2n) is 5.55. The van der Waals surface area contributed by atoms with Gasteiger partial charge in [0.05, 0.1) is 17.3 Å². The van der Waals surface area contributed by atoms with E-state index in [4.69, 9.17) is 5.73 Å². The fourth-order valence-electron chi connectivity index (χ4n) is 2.44. The van der Waals surface area contributed by atoms with Crippen molar-refractivity contribution in [2.45, 2.75) is 0 Å². The van der Waals surface area contributed by atoms with Crippen molar-refractivity contribution in [3.05, 3.63) is 42.2 Å². The largest absolute Gasteiger partial charge is 0.396 e. The number of likely N-dealkylation sites (tertiary alicyclic amines) is 1. The third-order valence-corrected chi connectivity index (χ3v) is 3.74. The molecule has 1 fully saturated rings. The topological polar surface area (TPSA) is 71.2 Å². The van der Waals surface area contributed by atoms with Gasteiger partial charge in [-0.2, -0.15) is 0 Å². The summed E-state index contributed by atoms with van der Waals surface area (Å²) < 4.78 is 13.0. The first-order valence-electron chi connectivity index (χ1n) is 7.05. The van der Waals surface area contributed by atoms with Crippen LogP contribution in [-0.2, 0) is 4.79 Å². The van der Waals surface area contributed by atoms with Gasteiger partial charge >= 0.3 is 0 Å². The number of carbonyl (C=O) groups excluding carboxylic acids is 1. The van der Waals surface area contributed by atoms with Crippen molar-refractivity contribution < 1.29 is 9.18 Å². The number of nitrogen functional groups attached to an aromatic ring is 1. The quantitative estimate of drug-likeness (QED) is 0.909. The molecule has 1 aromatic heterocycles. The zero-order chi connectivity index (χ0) is 15.7. The summed E-state index contributed by atoms with van der Waals surface area (Å²) in [7, 11) is 1.96. The van der Waals surface area contributed by atoms with E-state index < -0.39 is 0 Å². The molecule has 0 radical (unpaired) electrons. The molecule has 0 bridgehead atoms. The Morgan fingerprint density at radius 3 is 2.59 bits per heavy atom. The van der Waals surface area contributed by atoms with Crippen molar-refractivity contribution in [1.82, 2.24) is 9.88 Å². The summed E-state index contributed by atoms with van der Waals surface area (Å²) in [5, 5.41) is 2.78. The fraction of sp³-hybridized carbons (Fsp3) is 0.250. The Labute approximate surface area is 128 Å². The molecular weight excluding hydrogens is 283 g/mol. The van der Waals surface area contributed by atoms with E-state index in [1.165, 1.54) is 12.1 Å². The predicted molar refractivity (Wildman–Crippen MR) is 83.7 cm³/mol. The van der Waals surface area contributed by atoms with E-state index in [2.05, 4.69) is 15.2 Å². The van der Waals surface area contributed by atoms with Gasteiger partial charge in [-0.05, 0) is 43.4 Å². The van der Waals surface area contributed by atoms with Crippen LogP contribution in [0.5, 0.6) is 0 Å². The van der Waals surface area contributed by atoms with Crippen LogP contribution >= 0.6 is 0 Å². The van der Waals surface area contributed by atoms with Gasteiger partial charge in [-0.3, -0.25) is 4.79 Å². The summed E-state index contributed by atoms with van der Waals surface area (Å²) in [5.74, 6) is -0.0579. The molecule has 0 atom stereocenters.